The molecule has 0 bridgehead atoms. The number of halogens is 2. The highest BCUT2D eigenvalue weighted by Crippen LogP contribution is 2.33. The molecule has 4 aromatic carbocycles. The number of aliphatic imine (C=N–C) groups is 2. The zero-order valence-electron chi connectivity index (χ0n) is 41.2. The third kappa shape index (κ3) is 15.7. The second-order valence-electron chi connectivity index (χ2n) is 17.2. The van der Waals surface area contributed by atoms with Crippen molar-refractivity contribution in [1.29, 1.82) is 0 Å². The number of nitrogens with one attached hydrogen (secondary N) is 1. The second-order valence-corrected chi connectivity index (χ2v) is 17.2. The molecule has 0 unspecified atom stereocenters. The van der Waals surface area contributed by atoms with Crippen molar-refractivity contribution in [3.8, 4) is 35.2 Å². The summed E-state index contributed by atoms with van der Waals surface area (Å²) in [6, 6.07) is 29.9. The predicted octanol–water partition coefficient (Wildman–Crippen LogP) is 6.71. The number of urea groups is 1. The molecule has 16 nitrogen and oxygen atoms in total. The SMILES string of the molecule is CN1C(=O)CCOc2ccc(C#CC3(C)COC3)cc21.Cc1cccc(C#Cc2ccc3c(c2)N(C)C(=O)[C@H](NC(=O)/C(N)=C(\F)C=NCc2ccccc2)CO3)n1.N/C=C(\C=N\C(N)=O)Cc1ccc(F)cc1.[HH].[HH]. The summed E-state index contributed by atoms with van der Waals surface area (Å²) in [7, 11) is 3.33. The summed E-state index contributed by atoms with van der Waals surface area (Å²) in [6.07, 6.45) is 4.39. The van der Waals surface area contributed by atoms with Gasteiger partial charge in [0.15, 0.2) is 5.83 Å². The van der Waals surface area contributed by atoms with E-state index in [-0.39, 0.29) is 33.1 Å². The van der Waals surface area contributed by atoms with Crippen LogP contribution >= 0.6 is 0 Å². The number of allylic oxidation sites excluding steroid dienone is 2. The number of carbonyl (C=O) groups excluding carboxylic acids is 4. The van der Waals surface area contributed by atoms with Crippen molar-refractivity contribution >= 4 is 47.6 Å². The van der Waals surface area contributed by atoms with Gasteiger partial charge in [0.2, 0.25) is 5.91 Å². The maximum Gasteiger partial charge on any atom is 0.338 e. The number of aromatic nitrogens is 1. The van der Waals surface area contributed by atoms with Gasteiger partial charge in [0.25, 0.3) is 11.8 Å². The lowest BCUT2D eigenvalue weighted by Gasteiger charge is -2.32. The van der Waals surface area contributed by atoms with E-state index in [1.807, 2.05) is 73.7 Å². The van der Waals surface area contributed by atoms with Crippen LogP contribution in [0.4, 0.5) is 25.0 Å². The smallest absolute Gasteiger partial charge is 0.338 e. The van der Waals surface area contributed by atoms with E-state index in [9.17, 15) is 28.0 Å². The van der Waals surface area contributed by atoms with Crippen molar-refractivity contribution in [2.24, 2.45) is 32.6 Å². The van der Waals surface area contributed by atoms with Crippen LogP contribution in [0.1, 0.15) is 49.8 Å². The monoisotopic (exact) mass is 1010 g/mol. The van der Waals surface area contributed by atoms with Crippen LogP contribution in [0, 0.1) is 41.8 Å². The molecule has 5 amide bonds. The molecule has 0 aliphatic carbocycles. The summed E-state index contributed by atoms with van der Waals surface area (Å²) >= 11 is 0. The van der Waals surface area contributed by atoms with Gasteiger partial charge in [-0.2, -0.15) is 0 Å². The third-order valence-electron chi connectivity index (χ3n) is 11.2. The van der Waals surface area contributed by atoms with Gasteiger partial charge < -0.3 is 46.5 Å². The minimum Gasteiger partial charge on any atom is -0.491 e. The fourth-order valence-corrected chi connectivity index (χ4v) is 7.02. The lowest BCUT2D eigenvalue weighted by molar-refractivity contribution is -0.126. The number of amides is 5. The van der Waals surface area contributed by atoms with E-state index in [0.29, 0.717) is 60.9 Å². The quantitative estimate of drug-likeness (QED) is 0.0729. The number of nitrogens with two attached hydrogens (primary N) is 3. The molecule has 1 atom stereocenters. The van der Waals surface area contributed by atoms with Crippen molar-refractivity contribution in [3.05, 3.63) is 172 Å². The summed E-state index contributed by atoms with van der Waals surface area (Å²) in [6.45, 7) is 5.85. The lowest BCUT2D eigenvalue weighted by atomic mass is 9.89. The van der Waals surface area contributed by atoms with Gasteiger partial charge in [0.05, 0.1) is 55.8 Å². The van der Waals surface area contributed by atoms with E-state index in [1.54, 1.807) is 49.3 Å². The molecule has 384 valence electrons. The van der Waals surface area contributed by atoms with Crippen LogP contribution in [-0.2, 0) is 32.1 Å². The summed E-state index contributed by atoms with van der Waals surface area (Å²) in [5.74, 6) is 11.0. The molecule has 3 aliphatic rings. The molecule has 1 saturated heterocycles. The molecular formula is C56H59F2N9O7. The number of carbonyl (C=O) groups is 4. The van der Waals surface area contributed by atoms with Gasteiger partial charge in [-0.3, -0.25) is 19.4 Å². The first-order valence-corrected chi connectivity index (χ1v) is 23.1. The minimum atomic E-state index is -1.08. The van der Waals surface area contributed by atoms with Gasteiger partial charge in [-0.1, -0.05) is 66.3 Å². The molecule has 5 aromatic rings. The number of fused-ring (bicyclic) bond motifs is 2. The summed E-state index contributed by atoms with van der Waals surface area (Å²) in [4.78, 5) is 62.7. The molecule has 18 heteroatoms. The van der Waals surface area contributed by atoms with Crippen LogP contribution in [-0.4, -0.2) is 87.7 Å². The first-order chi connectivity index (χ1) is 35.5. The Bertz CT molecular complexity index is 3130. The molecule has 3 aliphatic heterocycles. The fraction of sp³-hybridized carbons (Fsp3) is 0.232. The molecule has 74 heavy (non-hydrogen) atoms. The number of rotatable bonds is 8. The van der Waals surface area contributed by atoms with Gasteiger partial charge in [-0.15, -0.1) is 0 Å². The molecule has 8 rings (SSSR count). The highest BCUT2D eigenvalue weighted by molar-refractivity contribution is 6.04. The average molecular weight is 1010 g/mol. The average Bonchev–Trinajstić information content (AvgIpc) is 3.60. The number of nitrogens with zero attached hydrogens (tertiary/aromatic N) is 5. The molecular weight excluding hydrogens is 949 g/mol. The normalized spacial score (nSPS) is 15.9. The third-order valence-corrected chi connectivity index (χ3v) is 11.2. The summed E-state index contributed by atoms with van der Waals surface area (Å²) in [5, 5.41) is 2.45. The number of pyridine rings is 1. The molecule has 1 aromatic heterocycles. The van der Waals surface area contributed by atoms with Crippen molar-refractivity contribution < 1.29 is 45.0 Å². The van der Waals surface area contributed by atoms with Gasteiger partial charge in [-0.25, -0.2) is 23.6 Å². The Morgan fingerprint density at radius 2 is 1.54 bits per heavy atom. The van der Waals surface area contributed by atoms with E-state index in [2.05, 4.69) is 50.9 Å². The van der Waals surface area contributed by atoms with Crippen molar-refractivity contribution in [2.75, 3.05) is 50.3 Å². The largest absolute Gasteiger partial charge is 0.491 e. The van der Waals surface area contributed by atoms with Gasteiger partial charge in [-0.05, 0) is 103 Å². The molecule has 0 saturated carbocycles. The number of anilines is 2. The molecule has 0 radical (unpaired) electrons. The Hall–Kier alpha value is -9.13. The Balaban J connectivity index is 0.000000275. The maximum atomic E-state index is 14.4. The standard InChI is InChI=1S/C29H26FN5O3.C16H17NO3.C11H12FN3O.2H2/c1-19-7-6-10-22(33-19)13-11-20-12-14-26-25(15-20)35(2)29(37)24(18-38-26)34-28(36)27(31)23(30)17-32-16-21-8-4-3-5-9-21;1-16(10-19-11-16)7-5-12-3-4-14-13(9-12)17(2)15(18)6-8-20-14;12-10-3-1-8(2-4-10)5-9(6-13)7-15-11(14)16;;/h3-10,12,14-15,17,24H,16,18,31H2,1-2H3,(H,34,36);3-4,9H,6,8,10-11H2,1-2H3;1-4,6-7H,5,13H2,(H2,14,16);2*1H/b27-23+,32-17?;;9-6-,15-7+;;/t24-;;;;/m1..../s1. The zero-order valence-corrected chi connectivity index (χ0v) is 41.2. The Labute approximate surface area is 431 Å². The van der Waals surface area contributed by atoms with Crippen LogP contribution in [0.3, 0.4) is 0 Å². The Morgan fingerprint density at radius 3 is 2.19 bits per heavy atom. The van der Waals surface area contributed by atoms with Crippen LogP contribution < -0.4 is 41.8 Å². The number of aryl methyl sites for hydroxylation is 1. The number of ether oxygens (including phenoxy) is 3. The fourth-order valence-electron chi connectivity index (χ4n) is 7.02. The summed E-state index contributed by atoms with van der Waals surface area (Å²) in [5.41, 5.74) is 21.9. The van der Waals surface area contributed by atoms with Gasteiger partial charge in [0, 0.05) is 46.4 Å². The van der Waals surface area contributed by atoms with Crippen molar-refractivity contribution in [1.82, 2.24) is 10.3 Å². The maximum absolute atomic E-state index is 14.4. The molecule has 0 spiro atoms. The highest BCUT2D eigenvalue weighted by Gasteiger charge is 2.32. The van der Waals surface area contributed by atoms with Crippen molar-refractivity contribution in [3.63, 3.8) is 0 Å². The summed E-state index contributed by atoms with van der Waals surface area (Å²) < 4.78 is 43.6. The van der Waals surface area contributed by atoms with Gasteiger partial charge >= 0.3 is 6.03 Å². The predicted molar refractivity (Wildman–Crippen MR) is 284 cm³/mol. The minimum absolute atomic E-state index is 0. The van der Waals surface area contributed by atoms with E-state index in [0.717, 1.165) is 40.0 Å². The first kappa shape index (κ1) is 54.2. The highest BCUT2D eigenvalue weighted by atomic mass is 19.1. The van der Waals surface area contributed by atoms with Crippen LogP contribution in [0.2, 0.25) is 0 Å². The number of benzene rings is 4. The molecule has 4 heterocycles. The Kier molecular flexibility index (Phi) is 18.9. The lowest BCUT2D eigenvalue weighted by Crippen LogP contribution is -2.50. The number of hydrogen-bond donors (Lipinski definition) is 4. The van der Waals surface area contributed by atoms with Gasteiger partial charge in [0.1, 0.15) is 41.4 Å². The number of likely N-dealkylation sites (N-methyl/N-ethyl adjacent to an activating group) is 1. The van der Waals surface area contributed by atoms with Crippen molar-refractivity contribution in [2.45, 2.75) is 39.3 Å². The van der Waals surface area contributed by atoms with E-state index in [1.165, 1.54) is 29.4 Å². The van der Waals surface area contributed by atoms with Crippen LogP contribution in [0.5, 0.6) is 11.5 Å². The van der Waals surface area contributed by atoms with E-state index >= 15 is 0 Å². The second kappa shape index (κ2) is 25.8. The molecule has 1 fully saturated rings. The van der Waals surface area contributed by atoms with E-state index < -0.39 is 35.4 Å². The number of hydrogen-bond acceptors (Lipinski definition) is 11. The molecule has 7 N–H and O–H groups in total. The Morgan fingerprint density at radius 1 is 0.865 bits per heavy atom. The topological polar surface area (TPSA) is 230 Å². The zero-order chi connectivity index (χ0) is 53.2. The van der Waals surface area contributed by atoms with Crippen LogP contribution in [0.25, 0.3) is 0 Å². The number of primary amides is 1. The first-order valence-electron chi connectivity index (χ1n) is 23.1. The van der Waals surface area contributed by atoms with Crippen LogP contribution in [0.15, 0.2) is 142 Å². The van der Waals surface area contributed by atoms with E-state index in [4.69, 9.17) is 31.4 Å².